The van der Waals surface area contributed by atoms with E-state index >= 15 is 0 Å². The van der Waals surface area contributed by atoms with Gasteiger partial charge in [-0.3, -0.25) is 9.59 Å². The van der Waals surface area contributed by atoms with Crippen LogP contribution >= 0.6 is 15.9 Å². The van der Waals surface area contributed by atoms with Crippen LogP contribution in [0.5, 0.6) is 11.5 Å². The Balaban J connectivity index is 1.55. The van der Waals surface area contributed by atoms with E-state index in [0.29, 0.717) is 45.9 Å². The van der Waals surface area contributed by atoms with E-state index < -0.39 is 0 Å². The van der Waals surface area contributed by atoms with Crippen LogP contribution in [0, 0.1) is 0 Å². The Bertz CT molecular complexity index is 1490. The molecule has 0 bridgehead atoms. The molecule has 0 saturated carbocycles. The lowest BCUT2D eigenvalue weighted by molar-refractivity contribution is -0.118. The molecule has 0 aliphatic carbocycles. The Morgan fingerprint density at radius 2 is 1.92 bits per heavy atom. The molecule has 0 spiro atoms. The van der Waals surface area contributed by atoms with Gasteiger partial charge in [0.2, 0.25) is 0 Å². The topological polar surface area (TPSA) is 94.8 Å². The number of methoxy groups -OCH3 is 1. The average molecular weight is 563 g/mol. The number of nitrogens with zero attached hydrogens (tertiary/aromatic N) is 3. The largest absolute Gasteiger partial charge is 0.493 e. The number of carbonyl (C=O) groups is 1. The van der Waals surface area contributed by atoms with Crippen LogP contribution in [0.1, 0.15) is 31.2 Å². The molecule has 37 heavy (non-hydrogen) atoms. The highest BCUT2D eigenvalue weighted by Gasteiger charge is 2.12. The lowest BCUT2D eigenvalue weighted by Gasteiger charge is -2.12. The van der Waals surface area contributed by atoms with Crippen LogP contribution in [-0.2, 0) is 11.2 Å². The van der Waals surface area contributed by atoms with Gasteiger partial charge in [0.25, 0.3) is 11.5 Å². The number of benzene rings is 3. The number of nitrogens with one attached hydrogen (secondary N) is 1. The van der Waals surface area contributed by atoms with Gasteiger partial charge < -0.3 is 14.8 Å². The number of unbranched alkanes of at least 4 members (excludes halogenated alkanes) is 1. The minimum atomic E-state index is -0.284. The van der Waals surface area contributed by atoms with E-state index in [1.807, 2.05) is 30.3 Å². The van der Waals surface area contributed by atoms with Gasteiger partial charge in [0.1, 0.15) is 5.82 Å². The lowest BCUT2D eigenvalue weighted by atomic mass is 10.2. The van der Waals surface area contributed by atoms with Crippen molar-refractivity contribution in [2.75, 3.05) is 19.0 Å². The van der Waals surface area contributed by atoms with Crippen molar-refractivity contribution < 1.29 is 14.3 Å². The van der Waals surface area contributed by atoms with Gasteiger partial charge in [-0.05, 0) is 60.5 Å². The summed E-state index contributed by atoms with van der Waals surface area (Å²) in [7, 11) is 1.52. The fraction of sp³-hybridized carbons (Fsp3) is 0.214. The van der Waals surface area contributed by atoms with Gasteiger partial charge in [0, 0.05) is 16.6 Å². The molecule has 8 nitrogen and oxygen atoms in total. The summed E-state index contributed by atoms with van der Waals surface area (Å²) in [6.07, 6.45) is 4.08. The molecule has 4 aromatic rings. The van der Waals surface area contributed by atoms with Crippen molar-refractivity contribution in [1.82, 2.24) is 9.66 Å². The Hall–Kier alpha value is -3.98. The minimum absolute atomic E-state index is 0.173. The maximum Gasteiger partial charge on any atom is 0.282 e. The minimum Gasteiger partial charge on any atom is -0.493 e. The van der Waals surface area contributed by atoms with Crippen molar-refractivity contribution in [3.63, 3.8) is 0 Å². The number of rotatable bonds is 10. The van der Waals surface area contributed by atoms with Crippen LogP contribution in [-0.4, -0.2) is 35.5 Å². The van der Waals surface area contributed by atoms with Crippen LogP contribution in [0.3, 0.4) is 0 Å². The first-order valence-corrected chi connectivity index (χ1v) is 12.7. The summed E-state index contributed by atoms with van der Waals surface area (Å²) in [4.78, 5) is 30.2. The van der Waals surface area contributed by atoms with Gasteiger partial charge in [0.15, 0.2) is 18.1 Å². The Labute approximate surface area is 223 Å². The summed E-state index contributed by atoms with van der Waals surface area (Å²) >= 11 is 3.42. The number of aryl methyl sites for hydroxylation is 1. The molecule has 4 rings (SSSR count). The van der Waals surface area contributed by atoms with Crippen molar-refractivity contribution in [3.8, 4) is 11.5 Å². The van der Waals surface area contributed by atoms with Crippen LogP contribution in [0.25, 0.3) is 10.9 Å². The zero-order valence-corrected chi connectivity index (χ0v) is 22.2. The van der Waals surface area contributed by atoms with Gasteiger partial charge >= 0.3 is 0 Å². The second-order valence-corrected chi connectivity index (χ2v) is 9.18. The third-order valence-electron chi connectivity index (χ3n) is 5.56. The van der Waals surface area contributed by atoms with Crippen LogP contribution in [0.4, 0.5) is 5.69 Å². The number of anilines is 1. The quantitative estimate of drug-likeness (QED) is 0.261. The third-order valence-corrected chi connectivity index (χ3v) is 6.05. The summed E-state index contributed by atoms with van der Waals surface area (Å²) in [5.74, 6) is 1.18. The molecule has 0 unspecified atom stereocenters. The fourth-order valence-corrected chi connectivity index (χ4v) is 4.04. The SMILES string of the molecule is CCCCc1nc2ccc(Br)cc2c(=O)n1N=Cc1ccc(OCC(=O)Nc2ccccc2)c(OC)c1. The normalized spacial score (nSPS) is 11.1. The Morgan fingerprint density at radius 3 is 2.68 bits per heavy atom. The Kier molecular flexibility index (Phi) is 8.68. The van der Waals surface area contributed by atoms with E-state index in [1.54, 1.807) is 42.6 Å². The average Bonchev–Trinajstić information content (AvgIpc) is 2.91. The monoisotopic (exact) mass is 562 g/mol. The predicted octanol–water partition coefficient (Wildman–Crippen LogP) is 5.41. The van der Waals surface area contributed by atoms with Gasteiger partial charge in [-0.1, -0.05) is 47.5 Å². The molecule has 0 aliphatic heterocycles. The number of ether oxygens (including phenoxy) is 2. The fourth-order valence-electron chi connectivity index (χ4n) is 3.68. The summed E-state index contributed by atoms with van der Waals surface area (Å²) in [5, 5.41) is 7.74. The van der Waals surface area contributed by atoms with E-state index in [9.17, 15) is 9.59 Å². The van der Waals surface area contributed by atoms with E-state index in [0.717, 1.165) is 17.3 Å². The molecule has 0 saturated heterocycles. The number of para-hydroxylation sites is 1. The zero-order chi connectivity index (χ0) is 26.2. The van der Waals surface area contributed by atoms with Crippen molar-refractivity contribution in [3.05, 3.63) is 92.9 Å². The number of fused-ring (bicyclic) bond motifs is 1. The first kappa shape index (κ1) is 26.1. The van der Waals surface area contributed by atoms with Gasteiger partial charge in [0.05, 0.1) is 24.2 Å². The zero-order valence-electron chi connectivity index (χ0n) is 20.6. The molecular formula is C28H27BrN4O4. The second kappa shape index (κ2) is 12.3. The van der Waals surface area contributed by atoms with Gasteiger partial charge in [-0.15, -0.1) is 0 Å². The summed E-state index contributed by atoms with van der Waals surface area (Å²) in [5.41, 5.74) is 1.80. The van der Waals surface area contributed by atoms with Crippen molar-refractivity contribution in [2.45, 2.75) is 26.2 Å². The van der Waals surface area contributed by atoms with Crippen molar-refractivity contribution in [1.29, 1.82) is 0 Å². The number of amides is 1. The second-order valence-electron chi connectivity index (χ2n) is 8.27. The van der Waals surface area contributed by atoms with Crippen LogP contribution in [0.2, 0.25) is 0 Å². The van der Waals surface area contributed by atoms with E-state index in [4.69, 9.17) is 14.5 Å². The molecule has 0 radical (unpaired) electrons. The molecule has 0 atom stereocenters. The number of halogens is 1. The molecule has 9 heteroatoms. The van der Waals surface area contributed by atoms with E-state index in [1.165, 1.54) is 11.8 Å². The lowest BCUT2D eigenvalue weighted by Crippen LogP contribution is -2.22. The summed E-state index contributed by atoms with van der Waals surface area (Å²) in [6.45, 7) is 1.91. The first-order chi connectivity index (χ1) is 18.0. The molecule has 1 aromatic heterocycles. The maximum absolute atomic E-state index is 13.2. The highest BCUT2D eigenvalue weighted by atomic mass is 79.9. The summed E-state index contributed by atoms with van der Waals surface area (Å²) in [6, 6.07) is 19.8. The third kappa shape index (κ3) is 6.62. The number of hydrogen-bond donors (Lipinski definition) is 1. The highest BCUT2D eigenvalue weighted by molar-refractivity contribution is 9.10. The molecule has 1 heterocycles. The molecule has 1 N–H and O–H groups in total. The highest BCUT2D eigenvalue weighted by Crippen LogP contribution is 2.27. The van der Waals surface area contributed by atoms with Crippen molar-refractivity contribution in [2.24, 2.45) is 5.10 Å². The van der Waals surface area contributed by atoms with E-state index in [-0.39, 0.29) is 18.1 Å². The van der Waals surface area contributed by atoms with Gasteiger partial charge in [-0.25, -0.2) is 4.98 Å². The molecule has 0 aliphatic rings. The van der Waals surface area contributed by atoms with Crippen LogP contribution in [0.15, 0.2) is 81.1 Å². The van der Waals surface area contributed by atoms with Crippen LogP contribution < -0.4 is 20.3 Å². The standard InChI is InChI=1S/C28H27BrN4O4/c1-3-4-10-26-32-23-13-12-20(29)16-22(23)28(35)33(26)30-17-19-11-14-24(25(15-19)36-2)37-18-27(34)31-21-8-6-5-7-9-21/h5-9,11-17H,3-4,10,18H2,1-2H3,(H,31,34). The molecule has 190 valence electrons. The summed E-state index contributed by atoms with van der Waals surface area (Å²) < 4.78 is 13.3. The smallest absolute Gasteiger partial charge is 0.282 e. The maximum atomic E-state index is 13.2. The predicted molar refractivity (Wildman–Crippen MR) is 149 cm³/mol. The van der Waals surface area contributed by atoms with Gasteiger partial charge in [-0.2, -0.15) is 9.78 Å². The Morgan fingerprint density at radius 1 is 1.11 bits per heavy atom. The van der Waals surface area contributed by atoms with Crippen molar-refractivity contribution >= 4 is 44.6 Å². The van der Waals surface area contributed by atoms with E-state index in [2.05, 4.69) is 33.3 Å². The number of hydrogen-bond acceptors (Lipinski definition) is 6. The first-order valence-electron chi connectivity index (χ1n) is 11.9. The molecule has 1 amide bonds. The number of carbonyl (C=O) groups excluding carboxylic acids is 1. The molecule has 3 aromatic carbocycles. The number of aromatic nitrogens is 2. The molecular weight excluding hydrogens is 536 g/mol. The molecule has 0 fully saturated rings.